The zero-order valence-corrected chi connectivity index (χ0v) is 23.4. The summed E-state index contributed by atoms with van der Waals surface area (Å²) < 4.78 is 30.1. The van der Waals surface area contributed by atoms with Crippen molar-refractivity contribution in [3.63, 3.8) is 0 Å². The second kappa shape index (κ2) is 12.2. The Morgan fingerprint density at radius 3 is 2.40 bits per heavy atom. The highest BCUT2D eigenvalue weighted by molar-refractivity contribution is 6.33. The SMILES string of the molecule is Cc1ncc(-c2cc(CC(=O)N3C[C@H](F)C[C@H]3C(=O)Cc3cccc(-c4ccccc4Cl)c3F)cc(C(N)=O)c2)cn1. The molecule has 0 saturated carbocycles. The summed E-state index contributed by atoms with van der Waals surface area (Å²) in [6.45, 7) is 1.48. The first-order valence-electron chi connectivity index (χ1n) is 13.3. The lowest BCUT2D eigenvalue weighted by Gasteiger charge is -2.24. The summed E-state index contributed by atoms with van der Waals surface area (Å²) in [5, 5.41) is 0.367. The molecule has 7 nitrogen and oxygen atoms in total. The van der Waals surface area contributed by atoms with Gasteiger partial charge in [-0.3, -0.25) is 14.4 Å². The van der Waals surface area contributed by atoms with Gasteiger partial charge < -0.3 is 10.6 Å². The van der Waals surface area contributed by atoms with Gasteiger partial charge >= 0.3 is 0 Å². The van der Waals surface area contributed by atoms with E-state index in [1.807, 2.05) is 0 Å². The number of amides is 2. The monoisotopic (exact) mass is 588 g/mol. The van der Waals surface area contributed by atoms with E-state index in [0.717, 1.165) is 0 Å². The van der Waals surface area contributed by atoms with Crippen molar-refractivity contribution in [2.45, 2.75) is 38.4 Å². The molecule has 3 aromatic carbocycles. The van der Waals surface area contributed by atoms with Crippen LogP contribution in [0.25, 0.3) is 22.3 Å². The van der Waals surface area contributed by atoms with E-state index >= 15 is 4.39 Å². The molecule has 2 atom stereocenters. The summed E-state index contributed by atoms with van der Waals surface area (Å²) in [4.78, 5) is 48.4. The summed E-state index contributed by atoms with van der Waals surface area (Å²) in [7, 11) is 0. The highest BCUT2D eigenvalue weighted by Gasteiger charge is 2.39. The van der Waals surface area contributed by atoms with Crippen LogP contribution in [0.1, 0.15) is 33.7 Å². The minimum atomic E-state index is -1.40. The average Bonchev–Trinajstić information content (AvgIpc) is 3.37. The molecule has 1 fully saturated rings. The number of nitrogens with two attached hydrogens (primary N) is 1. The zero-order valence-electron chi connectivity index (χ0n) is 22.7. The maximum absolute atomic E-state index is 15.5. The molecule has 2 heterocycles. The van der Waals surface area contributed by atoms with E-state index in [2.05, 4.69) is 9.97 Å². The Balaban J connectivity index is 1.37. The summed E-state index contributed by atoms with van der Waals surface area (Å²) >= 11 is 6.26. The lowest BCUT2D eigenvalue weighted by atomic mass is 9.96. The van der Waals surface area contributed by atoms with Gasteiger partial charge in [0.25, 0.3) is 0 Å². The van der Waals surface area contributed by atoms with Gasteiger partial charge in [0.15, 0.2) is 5.78 Å². The fraction of sp³-hybridized carbons (Fsp3) is 0.219. The number of hydrogen-bond acceptors (Lipinski definition) is 5. The highest BCUT2D eigenvalue weighted by atomic mass is 35.5. The van der Waals surface area contributed by atoms with Crippen LogP contribution in [0, 0.1) is 12.7 Å². The van der Waals surface area contributed by atoms with Gasteiger partial charge in [-0.2, -0.15) is 0 Å². The molecule has 0 unspecified atom stereocenters. The first-order valence-corrected chi connectivity index (χ1v) is 13.7. The first kappa shape index (κ1) is 29.0. The van der Waals surface area contributed by atoms with Crippen LogP contribution in [0.3, 0.4) is 0 Å². The van der Waals surface area contributed by atoms with Crippen molar-refractivity contribution >= 4 is 29.2 Å². The first-order chi connectivity index (χ1) is 20.1. The van der Waals surface area contributed by atoms with E-state index < -0.39 is 35.6 Å². The smallest absolute Gasteiger partial charge is 0.248 e. The van der Waals surface area contributed by atoms with Gasteiger partial charge in [0.1, 0.15) is 17.8 Å². The van der Waals surface area contributed by atoms with Gasteiger partial charge in [-0.1, -0.05) is 54.1 Å². The number of benzene rings is 3. The maximum atomic E-state index is 15.5. The number of rotatable bonds is 8. The molecule has 214 valence electrons. The van der Waals surface area contributed by atoms with E-state index in [9.17, 15) is 18.8 Å². The van der Waals surface area contributed by atoms with Gasteiger partial charge in [-0.25, -0.2) is 18.7 Å². The Kier molecular flexibility index (Phi) is 8.40. The van der Waals surface area contributed by atoms with Crippen molar-refractivity contribution in [2.24, 2.45) is 5.73 Å². The van der Waals surface area contributed by atoms with Gasteiger partial charge in [0.2, 0.25) is 11.8 Å². The Morgan fingerprint density at radius 1 is 0.976 bits per heavy atom. The third-order valence-corrected chi connectivity index (χ3v) is 7.63. The van der Waals surface area contributed by atoms with Crippen LogP contribution in [0.5, 0.6) is 0 Å². The molecule has 42 heavy (non-hydrogen) atoms. The number of carbonyl (C=O) groups excluding carboxylic acids is 3. The number of Topliss-reactive ketones (excluding diaryl/α,β-unsaturated/α-hetero) is 1. The van der Waals surface area contributed by atoms with Crippen molar-refractivity contribution in [1.82, 2.24) is 14.9 Å². The van der Waals surface area contributed by atoms with Crippen molar-refractivity contribution in [1.29, 1.82) is 0 Å². The van der Waals surface area contributed by atoms with Gasteiger partial charge in [-0.05, 0) is 41.8 Å². The molecule has 10 heteroatoms. The van der Waals surface area contributed by atoms with Gasteiger partial charge in [0, 0.05) is 52.5 Å². The Bertz CT molecular complexity index is 1680. The van der Waals surface area contributed by atoms with Crippen LogP contribution < -0.4 is 5.73 Å². The number of carbonyl (C=O) groups is 3. The predicted molar refractivity (Wildman–Crippen MR) is 155 cm³/mol. The predicted octanol–water partition coefficient (Wildman–Crippen LogP) is 5.30. The lowest BCUT2D eigenvalue weighted by Crippen LogP contribution is -2.42. The van der Waals surface area contributed by atoms with Crippen LogP contribution in [0.15, 0.2) is 73.1 Å². The number of likely N-dealkylation sites (tertiary alicyclic amines) is 1. The minimum Gasteiger partial charge on any atom is -0.366 e. The number of primary amides is 1. The third kappa shape index (κ3) is 6.21. The topological polar surface area (TPSA) is 106 Å². The molecule has 5 rings (SSSR count). The fourth-order valence-corrected chi connectivity index (χ4v) is 5.43. The number of nitrogens with zero attached hydrogens (tertiary/aromatic N) is 3. The molecule has 0 aliphatic carbocycles. The molecular weight excluding hydrogens is 562 g/mol. The van der Waals surface area contributed by atoms with Crippen molar-refractivity contribution in [3.8, 4) is 22.3 Å². The summed E-state index contributed by atoms with van der Waals surface area (Å²) in [6, 6.07) is 15.2. The Labute approximate surface area is 246 Å². The largest absolute Gasteiger partial charge is 0.366 e. The molecule has 1 saturated heterocycles. The second-order valence-corrected chi connectivity index (χ2v) is 10.7. The van der Waals surface area contributed by atoms with E-state index in [4.69, 9.17) is 17.3 Å². The van der Waals surface area contributed by atoms with Crippen molar-refractivity contribution in [2.75, 3.05) is 6.54 Å². The number of hydrogen-bond donors (Lipinski definition) is 1. The number of alkyl halides is 1. The molecular formula is C32H27ClF2N4O3. The summed E-state index contributed by atoms with van der Waals surface area (Å²) in [6.07, 6.45) is 1.09. The fourth-order valence-electron chi connectivity index (χ4n) is 5.20. The number of ketones is 1. The lowest BCUT2D eigenvalue weighted by molar-refractivity contribution is -0.136. The number of aryl methyl sites for hydroxylation is 1. The Hall–Kier alpha value is -4.50. The van der Waals surface area contributed by atoms with Crippen LogP contribution in [0.4, 0.5) is 8.78 Å². The van der Waals surface area contributed by atoms with Crippen LogP contribution >= 0.6 is 11.6 Å². The molecule has 1 aromatic heterocycles. The molecule has 0 spiro atoms. The standard InChI is InChI=1S/C32H27ClF2N4O3/c1-18-37-15-23(16-38-18)21-9-19(10-22(12-21)32(36)42)11-30(41)39-17-24(34)14-28(39)29(40)13-20-5-4-7-26(31(20)35)25-6-2-3-8-27(25)33/h2-10,12,15-16,24,28H,11,13-14,17H2,1H3,(H2,36,42)/t24-,28+/m1/s1. The number of halogens is 3. The molecule has 2 amide bonds. The molecule has 2 N–H and O–H groups in total. The molecule has 1 aliphatic heterocycles. The van der Waals surface area contributed by atoms with Gasteiger partial charge in [-0.15, -0.1) is 0 Å². The molecule has 1 aliphatic rings. The van der Waals surface area contributed by atoms with Crippen LogP contribution in [0.2, 0.25) is 5.02 Å². The normalized spacial score (nSPS) is 16.4. The Morgan fingerprint density at radius 2 is 1.69 bits per heavy atom. The second-order valence-electron chi connectivity index (χ2n) is 10.3. The molecule has 4 aromatic rings. The zero-order chi connectivity index (χ0) is 30.0. The maximum Gasteiger partial charge on any atom is 0.248 e. The van der Waals surface area contributed by atoms with Crippen molar-refractivity contribution < 1.29 is 23.2 Å². The van der Waals surface area contributed by atoms with Gasteiger partial charge in [0.05, 0.1) is 19.0 Å². The summed E-state index contributed by atoms with van der Waals surface area (Å²) in [5.74, 6) is -1.67. The van der Waals surface area contributed by atoms with Crippen LogP contribution in [-0.4, -0.2) is 51.2 Å². The highest BCUT2D eigenvalue weighted by Crippen LogP contribution is 2.32. The molecule has 0 radical (unpaired) electrons. The quantitative estimate of drug-likeness (QED) is 0.300. The average molecular weight is 589 g/mol. The van der Waals surface area contributed by atoms with Crippen molar-refractivity contribution in [3.05, 3.63) is 106 Å². The van der Waals surface area contributed by atoms with E-state index in [1.54, 1.807) is 67.8 Å². The van der Waals surface area contributed by atoms with E-state index in [0.29, 0.717) is 33.1 Å². The third-order valence-electron chi connectivity index (χ3n) is 7.30. The van der Waals surface area contributed by atoms with E-state index in [-0.39, 0.29) is 42.5 Å². The number of aromatic nitrogens is 2. The van der Waals surface area contributed by atoms with E-state index in [1.165, 1.54) is 17.0 Å². The minimum absolute atomic E-state index is 0.131. The van der Waals surface area contributed by atoms with Crippen LogP contribution in [-0.2, 0) is 22.4 Å². The molecule has 0 bridgehead atoms. The summed E-state index contributed by atoms with van der Waals surface area (Å²) in [5.41, 5.74) is 8.24.